The van der Waals surface area contributed by atoms with Gasteiger partial charge >= 0.3 is 4.87 Å². The molecule has 1 saturated heterocycles. The first-order valence-corrected chi connectivity index (χ1v) is 13.5. The van der Waals surface area contributed by atoms with Gasteiger partial charge in [0.1, 0.15) is 5.82 Å². The number of amides is 2. The van der Waals surface area contributed by atoms with Gasteiger partial charge in [-0.15, -0.1) is 11.8 Å². The monoisotopic (exact) mass is 524 g/mol. The van der Waals surface area contributed by atoms with Gasteiger partial charge in [-0.1, -0.05) is 17.4 Å². The van der Waals surface area contributed by atoms with Gasteiger partial charge in [0.05, 0.1) is 29.7 Å². The number of imide groups is 1. The van der Waals surface area contributed by atoms with Gasteiger partial charge in [-0.25, -0.2) is 4.39 Å². The summed E-state index contributed by atoms with van der Waals surface area (Å²) in [7, 11) is 1.49. The van der Waals surface area contributed by atoms with Crippen molar-refractivity contribution in [1.82, 2.24) is 4.98 Å². The first kappa shape index (κ1) is 22.1. The molecule has 184 valence electrons. The summed E-state index contributed by atoms with van der Waals surface area (Å²) in [6, 6.07) is 10.7. The number of aromatic nitrogens is 1. The lowest BCUT2D eigenvalue weighted by atomic mass is 9.68. The quantitative estimate of drug-likeness (QED) is 0.503. The summed E-state index contributed by atoms with van der Waals surface area (Å²) in [4.78, 5) is 44.6. The number of hydrogen-bond acceptors (Lipinski definition) is 7. The average Bonchev–Trinajstić information content (AvgIpc) is 3.59. The lowest BCUT2D eigenvalue weighted by Crippen LogP contribution is -2.42. The highest BCUT2D eigenvalue weighted by Crippen LogP contribution is 2.68. The highest BCUT2D eigenvalue weighted by Gasteiger charge is 2.69. The van der Waals surface area contributed by atoms with Crippen molar-refractivity contribution in [2.45, 2.75) is 22.6 Å². The molecular formula is C26H21FN2O5S2. The highest BCUT2D eigenvalue weighted by atomic mass is 32.2. The fourth-order valence-corrected chi connectivity index (χ4v) is 10.0. The predicted octanol–water partition coefficient (Wildman–Crippen LogP) is 3.97. The summed E-state index contributed by atoms with van der Waals surface area (Å²) in [5.74, 6) is -1.48. The van der Waals surface area contributed by atoms with E-state index >= 15 is 0 Å². The zero-order valence-corrected chi connectivity index (χ0v) is 20.6. The van der Waals surface area contributed by atoms with Crippen molar-refractivity contribution in [3.63, 3.8) is 0 Å². The van der Waals surface area contributed by atoms with Crippen molar-refractivity contribution < 1.29 is 23.8 Å². The molecule has 3 heterocycles. The second kappa shape index (κ2) is 7.69. The number of anilines is 1. The maximum absolute atomic E-state index is 13.7. The minimum Gasteiger partial charge on any atom is -0.504 e. The van der Waals surface area contributed by atoms with Crippen LogP contribution in [0.3, 0.4) is 0 Å². The number of hydrogen-bond donors (Lipinski definition) is 2. The van der Waals surface area contributed by atoms with Crippen LogP contribution in [0.4, 0.5) is 10.1 Å². The van der Waals surface area contributed by atoms with E-state index in [4.69, 9.17) is 4.74 Å². The van der Waals surface area contributed by atoms with Gasteiger partial charge in [0.25, 0.3) is 0 Å². The maximum Gasteiger partial charge on any atom is 0.305 e. The average molecular weight is 525 g/mol. The van der Waals surface area contributed by atoms with Gasteiger partial charge in [-0.05, 0) is 66.1 Å². The number of H-pyrrole nitrogens is 1. The molecule has 2 bridgehead atoms. The Labute approximate surface area is 213 Å². The third-order valence-corrected chi connectivity index (χ3v) is 11.0. The van der Waals surface area contributed by atoms with Crippen LogP contribution >= 0.6 is 23.1 Å². The lowest BCUT2D eigenvalue weighted by Gasteiger charge is -2.43. The van der Waals surface area contributed by atoms with Crippen LogP contribution in [0.25, 0.3) is 0 Å². The number of phenols is 1. The van der Waals surface area contributed by atoms with E-state index in [9.17, 15) is 23.9 Å². The number of benzene rings is 2. The van der Waals surface area contributed by atoms with Crippen LogP contribution in [0.2, 0.25) is 0 Å². The van der Waals surface area contributed by atoms with Crippen molar-refractivity contribution in [2.75, 3.05) is 12.0 Å². The molecule has 0 unspecified atom stereocenters. The maximum atomic E-state index is 13.7. The number of aromatic amines is 1. The van der Waals surface area contributed by atoms with E-state index in [-0.39, 0.29) is 51.4 Å². The number of thiazole rings is 1. The molecule has 10 heteroatoms. The SMILES string of the molecule is COc1cc([C@H]2c3sc(=O)[nH]c3S[C@H]3[C@@H]4C[C@H]([C@H]5C(=O)N(c6ccc(F)cc6)C(=O)[C@H]45)[C@H]23)ccc1O. The number of methoxy groups -OCH3 is 1. The molecule has 4 aliphatic rings. The van der Waals surface area contributed by atoms with E-state index in [1.807, 2.05) is 6.07 Å². The zero-order chi connectivity index (χ0) is 24.9. The number of thioether (sulfide) groups is 1. The predicted molar refractivity (Wildman–Crippen MR) is 132 cm³/mol. The number of fused-ring (bicyclic) bond motifs is 9. The minimum atomic E-state index is -0.437. The van der Waals surface area contributed by atoms with Crippen LogP contribution in [0.15, 0.2) is 52.3 Å². The standard InChI is InChI=1S/C26H21FN2O5S2/c1-34-16-8-10(2-7-15(16)30)17-18-13-9-14(21(18)35-23-22(17)36-26(33)28-23)20-19(13)24(31)29(25(20)32)12-5-3-11(27)4-6-12/h2-8,13-14,17-21,30H,9H2,1H3,(H,28,33)/t13-,14+,17+,18+,19+,20+,21-/m0/s1. The molecule has 7 rings (SSSR count). The molecule has 3 aromatic rings. The van der Waals surface area contributed by atoms with Gasteiger partial charge in [0.2, 0.25) is 11.8 Å². The Morgan fingerprint density at radius 1 is 1.06 bits per heavy atom. The fourth-order valence-electron chi connectivity index (χ4n) is 7.12. The number of carbonyl (C=O) groups excluding carboxylic acids is 2. The minimum absolute atomic E-state index is 0.00467. The second-order valence-electron chi connectivity index (χ2n) is 9.88. The van der Waals surface area contributed by atoms with E-state index in [0.717, 1.165) is 21.9 Å². The number of nitrogens with one attached hydrogen (secondary N) is 1. The Morgan fingerprint density at radius 2 is 1.78 bits per heavy atom. The van der Waals surface area contributed by atoms with E-state index in [1.165, 1.54) is 47.6 Å². The third-order valence-electron chi connectivity index (χ3n) is 8.37. The summed E-state index contributed by atoms with van der Waals surface area (Å²) in [5.41, 5.74) is 1.31. The smallest absolute Gasteiger partial charge is 0.305 e. The third kappa shape index (κ3) is 2.88. The topological polar surface area (TPSA) is 99.7 Å². The van der Waals surface area contributed by atoms with Crippen LogP contribution in [-0.2, 0) is 9.59 Å². The molecule has 1 aromatic heterocycles. The van der Waals surface area contributed by atoms with Crippen molar-refractivity contribution in [3.8, 4) is 11.5 Å². The summed E-state index contributed by atoms with van der Waals surface area (Å²) in [5, 5.41) is 11.1. The largest absolute Gasteiger partial charge is 0.504 e. The van der Waals surface area contributed by atoms with Crippen LogP contribution < -0.4 is 14.5 Å². The number of phenolic OH excluding ortho intramolecular Hbond substituents is 1. The van der Waals surface area contributed by atoms with E-state index in [1.54, 1.807) is 23.9 Å². The van der Waals surface area contributed by atoms with Crippen molar-refractivity contribution >= 4 is 40.6 Å². The van der Waals surface area contributed by atoms with Crippen molar-refractivity contribution in [1.29, 1.82) is 0 Å². The van der Waals surface area contributed by atoms with Gasteiger partial charge in [-0.3, -0.25) is 19.3 Å². The zero-order valence-electron chi connectivity index (χ0n) is 19.0. The Kier molecular flexibility index (Phi) is 4.73. The molecule has 2 aliphatic heterocycles. The summed E-state index contributed by atoms with van der Waals surface area (Å²) in [6.45, 7) is 0. The first-order chi connectivity index (χ1) is 17.4. The normalized spacial score (nSPS) is 31.9. The number of nitrogens with zero attached hydrogens (tertiary/aromatic N) is 1. The van der Waals surface area contributed by atoms with Crippen LogP contribution in [0, 0.1) is 35.4 Å². The summed E-state index contributed by atoms with van der Waals surface area (Å²) >= 11 is 2.80. The number of rotatable bonds is 3. The fraction of sp³-hybridized carbons (Fsp3) is 0.346. The Bertz CT molecular complexity index is 1480. The molecule has 7 atom stereocenters. The number of carbonyl (C=O) groups is 2. The Hall–Kier alpha value is -3.11. The molecule has 2 aliphatic carbocycles. The van der Waals surface area contributed by atoms with Crippen LogP contribution in [-0.4, -0.2) is 34.3 Å². The van der Waals surface area contributed by atoms with Crippen LogP contribution in [0.1, 0.15) is 22.8 Å². The molecule has 3 fully saturated rings. The molecular weight excluding hydrogens is 503 g/mol. The van der Waals surface area contributed by atoms with Gasteiger partial charge in [0, 0.05) is 16.0 Å². The molecule has 36 heavy (non-hydrogen) atoms. The Balaban J connectivity index is 1.33. The molecule has 2 aromatic carbocycles. The molecule has 0 spiro atoms. The molecule has 0 radical (unpaired) electrons. The van der Waals surface area contributed by atoms with E-state index in [2.05, 4.69) is 4.98 Å². The lowest BCUT2D eigenvalue weighted by molar-refractivity contribution is -0.123. The molecule has 7 nitrogen and oxygen atoms in total. The molecule has 2 amide bonds. The number of halogens is 1. The first-order valence-electron chi connectivity index (χ1n) is 11.8. The van der Waals surface area contributed by atoms with E-state index in [0.29, 0.717) is 11.4 Å². The van der Waals surface area contributed by atoms with Gasteiger partial charge in [0.15, 0.2) is 11.5 Å². The van der Waals surface area contributed by atoms with Crippen molar-refractivity contribution in [3.05, 3.63) is 68.4 Å². The number of aromatic hydroxyl groups is 1. The second-order valence-corrected chi connectivity index (χ2v) is 12.1. The molecule has 2 saturated carbocycles. The summed E-state index contributed by atoms with van der Waals surface area (Å²) < 4.78 is 18.9. The van der Waals surface area contributed by atoms with Crippen molar-refractivity contribution in [2.24, 2.45) is 29.6 Å². The number of ether oxygens (including phenoxy) is 1. The van der Waals surface area contributed by atoms with Crippen LogP contribution in [0.5, 0.6) is 11.5 Å². The van der Waals surface area contributed by atoms with Gasteiger partial charge < -0.3 is 14.8 Å². The molecule has 2 N–H and O–H groups in total. The Morgan fingerprint density at radius 3 is 2.50 bits per heavy atom. The van der Waals surface area contributed by atoms with E-state index < -0.39 is 17.7 Å². The summed E-state index contributed by atoms with van der Waals surface area (Å²) in [6.07, 6.45) is 0.775. The highest BCUT2D eigenvalue weighted by molar-refractivity contribution is 8.00. The van der Waals surface area contributed by atoms with Gasteiger partial charge in [-0.2, -0.15) is 0 Å².